The average Bonchev–Trinajstić information content (AvgIpc) is 2.55. The van der Waals surface area contributed by atoms with Gasteiger partial charge in [-0.05, 0) is 19.1 Å². The normalized spacial score (nSPS) is 10.4. The van der Waals surface area contributed by atoms with Crippen molar-refractivity contribution in [2.45, 2.75) is 6.92 Å². The number of hydrogen-bond acceptors (Lipinski definition) is 4. The maximum atomic E-state index is 10.9. The Hall–Kier alpha value is -1.95. The Labute approximate surface area is 95.5 Å². The van der Waals surface area contributed by atoms with Crippen LogP contribution in [0.1, 0.15) is 16.1 Å². The van der Waals surface area contributed by atoms with E-state index in [4.69, 9.17) is 16.7 Å². The highest BCUT2D eigenvalue weighted by atomic mass is 35.5. The molecule has 2 heterocycles. The summed E-state index contributed by atoms with van der Waals surface area (Å²) in [5.41, 5.74) is 0.315. The molecule has 0 amide bonds. The average molecular weight is 239 g/mol. The predicted octanol–water partition coefficient (Wildman–Crippen LogP) is 1.32. The second kappa shape index (κ2) is 3.90. The topological polar surface area (TPSA) is 80.9 Å². The number of aryl methyl sites for hydroxylation is 1. The lowest BCUT2D eigenvalue weighted by molar-refractivity contribution is 0.0696. The molecule has 0 radical (unpaired) electrons. The Kier molecular flexibility index (Phi) is 2.57. The Morgan fingerprint density at radius 1 is 1.56 bits per heavy atom. The van der Waals surface area contributed by atoms with Gasteiger partial charge in [0.2, 0.25) is 0 Å². The Balaban J connectivity index is 2.61. The van der Waals surface area contributed by atoms with Crippen molar-refractivity contribution < 1.29 is 9.90 Å². The van der Waals surface area contributed by atoms with E-state index in [1.54, 1.807) is 19.1 Å². The van der Waals surface area contributed by atoms with Crippen LogP contribution in [-0.2, 0) is 0 Å². The molecule has 0 aliphatic carbocycles. The van der Waals surface area contributed by atoms with E-state index in [1.165, 1.54) is 10.9 Å². The van der Waals surface area contributed by atoms with Crippen LogP contribution in [0.15, 0.2) is 18.3 Å². The summed E-state index contributed by atoms with van der Waals surface area (Å²) in [6, 6.07) is 3.30. The highest BCUT2D eigenvalue weighted by Crippen LogP contribution is 2.21. The third-order valence-electron chi connectivity index (χ3n) is 1.99. The van der Waals surface area contributed by atoms with E-state index < -0.39 is 5.97 Å². The Bertz CT molecular complexity index is 538. The molecule has 1 N–H and O–H groups in total. The van der Waals surface area contributed by atoms with Crippen LogP contribution >= 0.6 is 11.6 Å². The molecule has 0 bridgehead atoms. The lowest BCUT2D eigenvalue weighted by Crippen LogP contribution is -2.01. The molecule has 0 saturated carbocycles. The summed E-state index contributed by atoms with van der Waals surface area (Å²) in [6.45, 7) is 1.57. The molecule has 0 aliphatic rings. The third kappa shape index (κ3) is 1.63. The number of carboxylic acids is 1. The summed E-state index contributed by atoms with van der Waals surface area (Å²) < 4.78 is 1.24. The second-order valence-corrected chi connectivity index (χ2v) is 3.41. The van der Waals surface area contributed by atoms with Gasteiger partial charge in [0, 0.05) is 6.20 Å². The maximum absolute atomic E-state index is 10.9. The lowest BCUT2D eigenvalue weighted by atomic mass is 10.3. The van der Waals surface area contributed by atoms with E-state index in [-0.39, 0.29) is 10.7 Å². The van der Waals surface area contributed by atoms with Crippen LogP contribution in [0.3, 0.4) is 0 Å². The molecule has 0 unspecified atom stereocenters. The Morgan fingerprint density at radius 3 is 2.81 bits per heavy atom. The number of carbonyl (C=O) groups is 1. The molecule has 0 spiro atoms. The number of carboxylic acid groups (broad SMARTS) is 1. The van der Waals surface area contributed by atoms with E-state index >= 15 is 0 Å². The van der Waals surface area contributed by atoms with Gasteiger partial charge in [-0.15, -0.1) is 5.10 Å². The van der Waals surface area contributed by atoms with Crippen LogP contribution in [0.2, 0.25) is 5.15 Å². The summed E-state index contributed by atoms with van der Waals surface area (Å²) in [5, 5.41) is 20.4. The van der Waals surface area contributed by atoms with Crippen molar-refractivity contribution >= 4 is 17.6 Å². The van der Waals surface area contributed by atoms with Crippen molar-refractivity contribution in [3.63, 3.8) is 0 Å². The second-order valence-electron chi connectivity index (χ2n) is 3.05. The number of aromatic carboxylic acids is 1. The van der Waals surface area contributed by atoms with Gasteiger partial charge in [-0.25, -0.2) is 9.48 Å². The first-order valence-electron chi connectivity index (χ1n) is 4.37. The summed E-state index contributed by atoms with van der Waals surface area (Å²) in [5.74, 6) is -0.735. The molecule has 16 heavy (non-hydrogen) atoms. The fraction of sp³-hybridized carbons (Fsp3) is 0.111. The van der Waals surface area contributed by atoms with Crippen LogP contribution in [-0.4, -0.2) is 31.1 Å². The zero-order chi connectivity index (χ0) is 11.7. The molecule has 0 saturated heterocycles. The van der Waals surface area contributed by atoms with E-state index in [1.807, 2.05) is 0 Å². The summed E-state index contributed by atoms with van der Waals surface area (Å²) in [6.07, 6.45) is 1.51. The highest BCUT2D eigenvalue weighted by molar-refractivity contribution is 6.32. The van der Waals surface area contributed by atoms with Crippen LogP contribution < -0.4 is 0 Å². The molecular formula is C9H7ClN4O2. The SMILES string of the molecule is Cc1nn(-c2cccnn2)c(Cl)c1C(=O)O. The van der Waals surface area contributed by atoms with Crippen molar-refractivity contribution in [3.8, 4) is 5.82 Å². The number of hydrogen-bond donors (Lipinski definition) is 1. The molecule has 0 aliphatic heterocycles. The highest BCUT2D eigenvalue weighted by Gasteiger charge is 2.20. The standard InChI is InChI=1S/C9H7ClN4O2/c1-5-7(9(15)16)8(10)14(13-5)6-3-2-4-11-12-6/h2-4H,1H3,(H,15,16). The summed E-state index contributed by atoms with van der Waals surface area (Å²) in [4.78, 5) is 10.9. The van der Waals surface area contributed by atoms with Crippen molar-refractivity contribution in [1.82, 2.24) is 20.0 Å². The first kappa shape index (κ1) is 10.6. The number of rotatable bonds is 2. The van der Waals surface area contributed by atoms with Gasteiger partial charge >= 0.3 is 5.97 Å². The minimum absolute atomic E-state index is 0.0190. The van der Waals surface area contributed by atoms with Crippen molar-refractivity contribution in [2.75, 3.05) is 0 Å². The van der Waals surface area contributed by atoms with Crippen LogP contribution in [0.4, 0.5) is 0 Å². The largest absolute Gasteiger partial charge is 0.478 e. The molecule has 7 heteroatoms. The first-order chi connectivity index (χ1) is 7.61. The maximum Gasteiger partial charge on any atom is 0.340 e. The molecule has 0 aromatic carbocycles. The van der Waals surface area contributed by atoms with Crippen LogP contribution in [0.25, 0.3) is 5.82 Å². The smallest absolute Gasteiger partial charge is 0.340 e. The first-order valence-corrected chi connectivity index (χ1v) is 4.75. The van der Waals surface area contributed by atoms with Gasteiger partial charge in [0.15, 0.2) is 5.82 Å². The molecule has 0 atom stereocenters. The number of halogens is 1. The molecular weight excluding hydrogens is 232 g/mol. The van der Waals surface area contributed by atoms with Gasteiger partial charge in [0.05, 0.1) is 5.69 Å². The lowest BCUT2D eigenvalue weighted by Gasteiger charge is -1.99. The van der Waals surface area contributed by atoms with Crippen LogP contribution in [0.5, 0.6) is 0 Å². The van der Waals surface area contributed by atoms with Crippen molar-refractivity contribution in [2.24, 2.45) is 0 Å². The van der Waals surface area contributed by atoms with E-state index in [0.717, 1.165) is 0 Å². The predicted molar refractivity (Wildman–Crippen MR) is 55.9 cm³/mol. The van der Waals surface area contributed by atoms with Gasteiger partial charge in [-0.1, -0.05) is 11.6 Å². The van der Waals surface area contributed by atoms with E-state index in [0.29, 0.717) is 11.5 Å². The fourth-order valence-corrected chi connectivity index (χ4v) is 1.64. The number of aromatic nitrogens is 4. The van der Waals surface area contributed by atoms with Crippen LogP contribution in [0, 0.1) is 6.92 Å². The molecule has 82 valence electrons. The molecule has 6 nitrogen and oxygen atoms in total. The summed E-state index contributed by atoms with van der Waals surface area (Å²) in [7, 11) is 0. The third-order valence-corrected chi connectivity index (χ3v) is 2.34. The molecule has 2 aromatic heterocycles. The van der Waals surface area contributed by atoms with Crippen molar-refractivity contribution in [3.05, 3.63) is 34.7 Å². The van der Waals surface area contributed by atoms with E-state index in [2.05, 4.69) is 15.3 Å². The van der Waals surface area contributed by atoms with Gasteiger partial charge in [0.25, 0.3) is 0 Å². The van der Waals surface area contributed by atoms with Gasteiger partial charge in [0.1, 0.15) is 10.7 Å². The number of nitrogens with zero attached hydrogens (tertiary/aromatic N) is 4. The zero-order valence-electron chi connectivity index (χ0n) is 8.25. The monoisotopic (exact) mass is 238 g/mol. The van der Waals surface area contributed by atoms with E-state index in [9.17, 15) is 4.79 Å². The molecule has 2 rings (SSSR count). The molecule has 2 aromatic rings. The summed E-state index contributed by atoms with van der Waals surface area (Å²) >= 11 is 5.91. The minimum atomic E-state index is -1.11. The van der Waals surface area contributed by atoms with Gasteiger partial charge < -0.3 is 5.11 Å². The molecule has 0 fully saturated rings. The van der Waals surface area contributed by atoms with Crippen molar-refractivity contribution in [1.29, 1.82) is 0 Å². The minimum Gasteiger partial charge on any atom is -0.478 e. The quantitative estimate of drug-likeness (QED) is 0.853. The zero-order valence-corrected chi connectivity index (χ0v) is 9.01. The van der Waals surface area contributed by atoms with Gasteiger partial charge in [-0.3, -0.25) is 0 Å². The van der Waals surface area contributed by atoms with Gasteiger partial charge in [-0.2, -0.15) is 10.2 Å². The fourth-order valence-electron chi connectivity index (χ4n) is 1.30. The Morgan fingerprint density at radius 2 is 2.31 bits per heavy atom.